The van der Waals surface area contributed by atoms with E-state index < -0.39 is 0 Å². The van der Waals surface area contributed by atoms with Gasteiger partial charge in [0.05, 0.1) is 17.2 Å². The lowest BCUT2D eigenvalue weighted by Crippen LogP contribution is -1.96. The molecule has 0 unspecified atom stereocenters. The number of hydrogen-bond donors (Lipinski definition) is 0. The van der Waals surface area contributed by atoms with Gasteiger partial charge in [-0.25, -0.2) is 4.98 Å². The van der Waals surface area contributed by atoms with E-state index in [9.17, 15) is 0 Å². The average molecular weight is 271 g/mol. The van der Waals surface area contributed by atoms with Gasteiger partial charge >= 0.3 is 0 Å². The quantitative estimate of drug-likeness (QED) is 0.518. The van der Waals surface area contributed by atoms with Gasteiger partial charge in [0.15, 0.2) is 5.82 Å². The first kappa shape index (κ1) is 14.8. The Labute approximate surface area is 121 Å². The number of benzene rings is 1. The van der Waals surface area contributed by atoms with E-state index in [0.717, 1.165) is 23.4 Å². The van der Waals surface area contributed by atoms with Gasteiger partial charge in [-0.2, -0.15) is 0 Å². The molecule has 0 saturated heterocycles. The summed E-state index contributed by atoms with van der Waals surface area (Å²) < 4.78 is 2.10. The van der Waals surface area contributed by atoms with E-state index in [1.807, 2.05) is 31.5 Å². The summed E-state index contributed by atoms with van der Waals surface area (Å²) in [6.07, 6.45) is 9.77. The van der Waals surface area contributed by atoms with Crippen LogP contribution in [0.3, 0.4) is 0 Å². The molecule has 0 atom stereocenters. The monoisotopic (exact) mass is 271 g/mol. The highest BCUT2D eigenvalue weighted by Gasteiger charge is 2.03. The molecule has 0 spiro atoms. The molecule has 108 valence electrons. The normalized spacial score (nSPS) is 11.7. The first-order valence-corrected chi connectivity index (χ1v) is 7.74. The van der Waals surface area contributed by atoms with Gasteiger partial charge in [0, 0.05) is 13.6 Å². The second kappa shape index (κ2) is 7.83. The number of unbranched alkanes of at least 4 members (excludes halogenated alkanes) is 5. The molecule has 0 aliphatic heterocycles. The summed E-state index contributed by atoms with van der Waals surface area (Å²) in [5, 5.41) is 0. The van der Waals surface area contributed by atoms with Gasteiger partial charge in [-0.1, -0.05) is 51.2 Å². The first-order chi connectivity index (χ1) is 9.83. The van der Waals surface area contributed by atoms with Gasteiger partial charge < -0.3 is 4.57 Å². The number of fused-ring (bicyclic) bond motifs is 1. The molecule has 1 aromatic carbocycles. The van der Waals surface area contributed by atoms with Crippen molar-refractivity contribution >= 4 is 17.2 Å². The summed E-state index contributed by atoms with van der Waals surface area (Å²) in [6.45, 7) is 3.16. The zero-order chi connectivity index (χ0) is 14.2. The lowest BCUT2D eigenvalue weighted by Gasteiger charge is -1.98. The maximum atomic E-state index is 4.58. The molecule has 1 heterocycles. The summed E-state index contributed by atoms with van der Waals surface area (Å²) >= 11 is 0. The number of hydrogen-bond acceptors (Lipinski definition) is 2. The zero-order valence-electron chi connectivity index (χ0n) is 12.7. The van der Waals surface area contributed by atoms with Crippen LogP contribution in [-0.2, 0) is 7.05 Å². The Morgan fingerprint density at radius 3 is 2.65 bits per heavy atom. The fourth-order valence-electron chi connectivity index (χ4n) is 2.41. The molecule has 0 saturated carbocycles. The topological polar surface area (TPSA) is 30.2 Å². The molecular weight excluding hydrogens is 246 g/mol. The van der Waals surface area contributed by atoms with Crippen molar-refractivity contribution in [2.24, 2.45) is 12.0 Å². The van der Waals surface area contributed by atoms with Gasteiger partial charge in [-0.15, -0.1) is 0 Å². The van der Waals surface area contributed by atoms with Crippen LogP contribution in [0, 0.1) is 0 Å². The van der Waals surface area contributed by atoms with Crippen molar-refractivity contribution in [2.45, 2.75) is 45.4 Å². The number of nitrogens with zero attached hydrogens (tertiary/aromatic N) is 3. The molecule has 0 N–H and O–H groups in total. The van der Waals surface area contributed by atoms with Crippen molar-refractivity contribution in [1.82, 2.24) is 9.55 Å². The molecule has 1 aromatic heterocycles. The van der Waals surface area contributed by atoms with Gasteiger partial charge in [-0.3, -0.25) is 4.99 Å². The van der Waals surface area contributed by atoms with Crippen molar-refractivity contribution in [3.8, 4) is 0 Å². The Hall–Kier alpha value is -1.64. The van der Waals surface area contributed by atoms with Crippen molar-refractivity contribution in [1.29, 1.82) is 0 Å². The van der Waals surface area contributed by atoms with Crippen LogP contribution in [0.2, 0.25) is 0 Å². The van der Waals surface area contributed by atoms with E-state index in [4.69, 9.17) is 0 Å². The summed E-state index contributed by atoms with van der Waals surface area (Å²) in [5.41, 5.74) is 2.20. The van der Waals surface area contributed by atoms with E-state index in [1.54, 1.807) is 0 Å². The molecule has 2 rings (SSSR count). The molecule has 0 aliphatic rings. The van der Waals surface area contributed by atoms with Gasteiger partial charge in [-0.05, 0) is 18.6 Å². The number of aliphatic imine (C=N–C) groups is 1. The molecule has 0 fully saturated rings. The van der Waals surface area contributed by atoms with Crippen LogP contribution in [0.1, 0.15) is 51.3 Å². The number of imidazole rings is 1. The summed E-state index contributed by atoms with van der Waals surface area (Å²) in [6, 6.07) is 8.20. The minimum absolute atomic E-state index is 0.912. The van der Waals surface area contributed by atoms with Crippen molar-refractivity contribution in [3.05, 3.63) is 30.1 Å². The smallest absolute Gasteiger partial charge is 0.151 e. The number of aryl methyl sites for hydroxylation is 1. The molecule has 2 aromatic rings. The van der Waals surface area contributed by atoms with Crippen LogP contribution in [0.15, 0.2) is 29.3 Å². The van der Waals surface area contributed by atoms with Crippen LogP contribution >= 0.6 is 0 Å². The largest absolute Gasteiger partial charge is 0.326 e. The van der Waals surface area contributed by atoms with E-state index in [-0.39, 0.29) is 0 Å². The molecule has 0 radical (unpaired) electrons. The Bertz CT molecular complexity index is 554. The van der Waals surface area contributed by atoms with Crippen LogP contribution in [-0.4, -0.2) is 22.3 Å². The molecule has 3 heteroatoms. The second-order valence-electron chi connectivity index (χ2n) is 5.32. The van der Waals surface area contributed by atoms with Gasteiger partial charge in [0.25, 0.3) is 0 Å². The van der Waals surface area contributed by atoms with Gasteiger partial charge in [0.1, 0.15) is 0 Å². The zero-order valence-corrected chi connectivity index (χ0v) is 12.7. The van der Waals surface area contributed by atoms with Crippen molar-refractivity contribution in [3.63, 3.8) is 0 Å². The standard InChI is InChI=1S/C17H25N3/c1-3-4-5-6-7-10-13-18-14-17-19-15-11-8-9-12-16(15)20(17)2/h8-9,11-12,14H,3-7,10,13H2,1-2H3. The molecular formula is C17H25N3. The van der Waals surface area contributed by atoms with E-state index >= 15 is 0 Å². The Morgan fingerprint density at radius 2 is 1.85 bits per heavy atom. The summed E-state index contributed by atoms with van der Waals surface area (Å²) in [7, 11) is 2.04. The maximum Gasteiger partial charge on any atom is 0.151 e. The third-order valence-electron chi connectivity index (χ3n) is 3.67. The highest BCUT2D eigenvalue weighted by Crippen LogP contribution is 2.13. The number of para-hydroxylation sites is 2. The van der Waals surface area contributed by atoms with Crippen LogP contribution < -0.4 is 0 Å². The third-order valence-corrected chi connectivity index (χ3v) is 3.67. The molecule has 20 heavy (non-hydrogen) atoms. The lowest BCUT2D eigenvalue weighted by molar-refractivity contribution is 0.612. The Balaban J connectivity index is 1.80. The summed E-state index contributed by atoms with van der Waals surface area (Å²) in [4.78, 5) is 9.09. The van der Waals surface area contributed by atoms with Crippen molar-refractivity contribution < 1.29 is 0 Å². The SMILES string of the molecule is CCCCCCCCN=Cc1nc2ccccc2n1C. The van der Waals surface area contributed by atoms with Crippen LogP contribution in [0.5, 0.6) is 0 Å². The van der Waals surface area contributed by atoms with Crippen molar-refractivity contribution in [2.75, 3.05) is 6.54 Å². The maximum absolute atomic E-state index is 4.58. The van der Waals surface area contributed by atoms with Crippen LogP contribution in [0.25, 0.3) is 11.0 Å². The van der Waals surface area contributed by atoms with E-state index in [1.165, 1.54) is 38.5 Å². The predicted octanol–water partition coefficient (Wildman–Crippen LogP) is 4.35. The summed E-state index contributed by atoms with van der Waals surface area (Å²) in [5.74, 6) is 0.942. The highest BCUT2D eigenvalue weighted by molar-refractivity contribution is 5.84. The third kappa shape index (κ3) is 3.92. The Kier molecular flexibility index (Phi) is 5.78. The lowest BCUT2D eigenvalue weighted by atomic mass is 10.1. The van der Waals surface area contributed by atoms with Gasteiger partial charge in [0.2, 0.25) is 0 Å². The van der Waals surface area contributed by atoms with E-state index in [2.05, 4.69) is 27.5 Å². The average Bonchev–Trinajstić information content (AvgIpc) is 2.79. The molecule has 3 nitrogen and oxygen atoms in total. The fourth-order valence-corrected chi connectivity index (χ4v) is 2.41. The van der Waals surface area contributed by atoms with E-state index in [0.29, 0.717) is 0 Å². The van der Waals surface area contributed by atoms with Crippen LogP contribution in [0.4, 0.5) is 0 Å². The highest BCUT2D eigenvalue weighted by atomic mass is 15.1. The Morgan fingerprint density at radius 1 is 1.10 bits per heavy atom. The minimum Gasteiger partial charge on any atom is -0.326 e. The first-order valence-electron chi connectivity index (χ1n) is 7.74. The second-order valence-corrected chi connectivity index (χ2v) is 5.32. The molecule has 0 amide bonds. The number of rotatable bonds is 8. The number of aromatic nitrogens is 2. The molecule has 0 aliphatic carbocycles. The molecule has 0 bridgehead atoms. The minimum atomic E-state index is 0.912. The predicted molar refractivity (Wildman–Crippen MR) is 86.6 cm³/mol. The fraction of sp³-hybridized carbons (Fsp3) is 0.529.